The van der Waals surface area contributed by atoms with Gasteiger partial charge in [0.1, 0.15) is 0 Å². The summed E-state index contributed by atoms with van der Waals surface area (Å²) in [6.07, 6.45) is 11.2. The normalized spacial score (nSPS) is 41.2. The standard InChI is InChI=1S/C12H13NO2/c14-12(15)7-4-5-9-8-2-1-3-10(8)13-11(9)6-7/h1-2,4-6,8-11,13H,3H2,(H,14,15). The SMILES string of the molecule is O=C(O)C1=CC2NC3CC=CC3C2C=C1. The minimum absolute atomic E-state index is 0.209. The van der Waals surface area contributed by atoms with Crippen molar-refractivity contribution < 1.29 is 9.90 Å². The molecule has 1 saturated heterocycles. The highest BCUT2D eigenvalue weighted by Crippen LogP contribution is 2.38. The van der Waals surface area contributed by atoms with Crippen LogP contribution in [0.25, 0.3) is 0 Å². The van der Waals surface area contributed by atoms with Crippen LogP contribution in [0.3, 0.4) is 0 Å². The zero-order valence-electron chi connectivity index (χ0n) is 8.26. The molecule has 15 heavy (non-hydrogen) atoms. The van der Waals surface area contributed by atoms with Crippen molar-refractivity contribution in [1.29, 1.82) is 0 Å². The molecule has 78 valence electrons. The van der Waals surface area contributed by atoms with Gasteiger partial charge in [-0.25, -0.2) is 4.79 Å². The zero-order valence-corrected chi connectivity index (χ0v) is 8.26. The Balaban J connectivity index is 1.89. The molecule has 0 spiro atoms. The first-order valence-electron chi connectivity index (χ1n) is 5.32. The highest BCUT2D eigenvalue weighted by atomic mass is 16.4. The molecule has 0 amide bonds. The molecule has 3 rings (SSSR count). The number of nitrogens with one attached hydrogen (secondary N) is 1. The van der Waals surface area contributed by atoms with Crippen molar-refractivity contribution in [2.45, 2.75) is 18.5 Å². The van der Waals surface area contributed by atoms with Crippen LogP contribution < -0.4 is 5.32 Å². The Kier molecular flexibility index (Phi) is 1.83. The minimum Gasteiger partial charge on any atom is -0.478 e. The van der Waals surface area contributed by atoms with Crippen LogP contribution >= 0.6 is 0 Å². The van der Waals surface area contributed by atoms with Crippen LogP contribution in [-0.2, 0) is 4.79 Å². The molecule has 1 aliphatic heterocycles. The number of rotatable bonds is 1. The van der Waals surface area contributed by atoms with Gasteiger partial charge in [0.15, 0.2) is 0 Å². The van der Waals surface area contributed by atoms with Crippen molar-refractivity contribution >= 4 is 5.97 Å². The summed E-state index contributed by atoms with van der Waals surface area (Å²) in [5.41, 5.74) is 0.410. The highest BCUT2D eigenvalue weighted by Gasteiger charge is 2.41. The average molecular weight is 203 g/mol. The van der Waals surface area contributed by atoms with E-state index in [4.69, 9.17) is 5.11 Å². The predicted octanol–water partition coefficient (Wildman–Crippen LogP) is 1.10. The lowest BCUT2D eigenvalue weighted by molar-refractivity contribution is -0.132. The van der Waals surface area contributed by atoms with Crippen molar-refractivity contribution in [1.82, 2.24) is 5.32 Å². The van der Waals surface area contributed by atoms with Crippen molar-refractivity contribution in [2.75, 3.05) is 0 Å². The Hall–Kier alpha value is -1.35. The van der Waals surface area contributed by atoms with Crippen molar-refractivity contribution in [3.8, 4) is 0 Å². The smallest absolute Gasteiger partial charge is 0.335 e. The highest BCUT2D eigenvalue weighted by molar-refractivity contribution is 5.90. The van der Waals surface area contributed by atoms with E-state index < -0.39 is 5.97 Å². The van der Waals surface area contributed by atoms with E-state index in [9.17, 15) is 4.79 Å². The third kappa shape index (κ3) is 1.27. The van der Waals surface area contributed by atoms with Gasteiger partial charge in [-0.15, -0.1) is 0 Å². The Morgan fingerprint density at radius 1 is 1.40 bits per heavy atom. The van der Waals surface area contributed by atoms with Crippen LogP contribution in [-0.4, -0.2) is 23.2 Å². The summed E-state index contributed by atoms with van der Waals surface area (Å²) in [7, 11) is 0. The van der Waals surface area contributed by atoms with E-state index in [1.165, 1.54) is 0 Å². The number of aliphatic carboxylic acids is 1. The van der Waals surface area contributed by atoms with Crippen LogP contribution in [0.2, 0.25) is 0 Å². The molecular weight excluding hydrogens is 190 g/mol. The average Bonchev–Trinajstić information content (AvgIpc) is 2.75. The number of hydrogen-bond donors (Lipinski definition) is 2. The molecule has 3 nitrogen and oxygen atoms in total. The molecule has 0 saturated carbocycles. The molecule has 1 heterocycles. The third-order valence-electron chi connectivity index (χ3n) is 3.58. The topological polar surface area (TPSA) is 49.3 Å². The molecule has 4 atom stereocenters. The molecule has 3 aliphatic rings. The maximum absolute atomic E-state index is 10.8. The lowest BCUT2D eigenvalue weighted by Crippen LogP contribution is -2.30. The number of carbonyl (C=O) groups is 1. The summed E-state index contributed by atoms with van der Waals surface area (Å²) >= 11 is 0. The molecule has 4 unspecified atom stereocenters. The minimum atomic E-state index is -0.834. The number of carboxylic acids is 1. The second-order valence-electron chi connectivity index (χ2n) is 4.40. The zero-order chi connectivity index (χ0) is 10.4. The van der Waals surface area contributed by atoms with Gasteiger partial charge in [0, 0.05) is 23.9 Å². The lowest BCUT2D eigenvalue weighted by Gasteiger charge is -2.19. The first-order chi connectivity index (χ1) is 7.25. The molecular formula is C12H13NO2. The summed E-state index contributed by atoms with van der Waals surface area (Å²) in [6, 6.07) is 0.718. The Morgan fingerprint density at radius 3 is 3.07 bits per heavy atom. The fourth-order valence-corrected chi connectivity index (χ4v) is 2.86. The maximum Gasteiger partial charge on any atom is 0.335 e. The van der Waals surface area contributed by atoms with Crippen LogP contribution in [0, 0.1) is 11.8 Å². The van der Waals surface area contributed by atoms with Crippen LogP contribution in [0.5, 0.6) is 0 Å². The maximum atomic E-state index is 10.8. The Labute approximate surface area is 88.2 Å². The van der Waals surface area contributed by atoms with Crippen molar-refractivity contribution in [3.63, 3.8) is 0 Å². The second kappa shape index (κ2) is 3.07. The van der Waals surface area contributed by atoms with Gasteiger partial charge in [-0.1, -0.05) is 30.4 Å². The van der Waals surface area contributed by atoms with Gasteiger partial charge in [-0.2, -0.15) is 0 Å². The first-order valence-corrected chi connectivity index (χ1v) is 5.32. The van der Waals surface area contributed by atoms with E-state index in [0.717, 1.165) is 6.42 Å². The van der Waals surface area contributed by atoms with Crippen LogP contribution in [0.1, 0.15) is 6.42 Å². The monoisotopic (exact) mass is 203 g/mol. The van der Waals surface area contributed by atoms with Gasteiger partial charge < -0.3 is 10.4 Å². The molecule has 3 heteroatoms. The van der Waals surface area contributed by atoms with E-state index in [2.05, 4.69) is 17.5 Å². The molecule has 2 aliphatic carbocycles. The van der Waals surface area contributed by atoms with Gasteiger partial charge in [-0.05, 0) is 6.42 Å². The third-order valence-corrected chi connectivity index (χ3v) is 3.58. The summed E-state index contributed by atoms with van der Waals surface area (Å²) < 4.78 is 0. The van der Waals surface area contributed by atoms with Crippen molar-refractivity contribution in [3.05, 3.63) is 36.0 Å². The summed E-state index contributed by atoms with van der Waals surface area (Å²) in [5, 5.41) is 12.4. The van der Waals surface area contributed by atoms with Gasteiger partial charge in [-0.3, -0.25) is 0 Å². The Morgan fingerprint density at radius 2 is 2.27 bits per heavy atom. The summed E-state index contributed by atoms with van der Waals surface area (Å²) in [4.78, 5) is 10.8. The molecule has 2 N–H and O–H groups in total. The largest absolute Gasteiger partial charge is 0.478 e. The van der Waals surface area contributed by atoms with E-state index in [1.54, 1.807) is 6.08 Å². The quantitative estimate of drug-likeness (QED) is 0.627. The fraction of sp³-hybridized carbons (Fsp3) is 0.417. The number of carboxylic acid groups (broad SMARTS) is 1. The van der Waals surface area contributed by atoms with Gasteiger partial charge in [0.2, 0.25) is 0 Å². The molecule has 1 fully saturated rings. The van der Waals surface area contributed by atoms with E-state index >= 15 is 0 Å². The van der Waals surface area contributed by atoms with Crippen LogP contribution in [0.15, 0.2) is 36.0 Å². The van der Waals surface area contributed by atoms with Gasteiger partial charge >= 0.3 is 5.97 Å². The lowest BCUT2D eigenvalue weighted by atomic mass is 9.85. The van der Waals surface area contributed by atoms with E-state index in [1.807, 2.05) is 12.2 Å². The Bertz CT molecular complexity index is 394. The molecule has 0 radical (unpaired) electrons. The summed E-state index contributed by atoms with van der Waals surface area (Å²) in [5.74, 6) is 0.161. The summed E-state index contributed by atoms with van der Waals surface area (Å²) in [6.45, 7) is 0. The van der Waals surface area contributed by atoms with E-state index in [-0.39, 0.29) is 6.04 Å². The first kappa shape index (κ1) is 8.92. The van der Waals surface area contributed by atoms with E-state index in [0.29, 0.717) is 23.5 Å². The second-order valence-corrected chi connectivity index (χ2v) is 4.40. The number of hydrogen-bond acceptors (Lipinski definition) is 2. The molecule has 0 aromatic carbocycles. The molecule has 0 bridgehead atoms. The van der Waals surface area contributed by atoms with Gasteiger partial charge in [0.05, 0.1) is 5.57 Å². The predicted molar refractivity (Wildman–Crippen MR) is 56.3 cm³/mol. The molecule has 0 aromatic rings. The van der Waals surface area contributed by atoms with Crippen molar-refractivity contribution in [2.24, 2.45) is 11.8 Å². The number of fused-ring (bicyclic) bond motifs is 3. The van der Waals surface area contributed by atoms with Crippen LogP contribution in [0.4, 0.5) is 0 Å². The fourth-order valence-electron chi connectivity index (χ4n) is 2.86. The van der Waals surface area contributed by atoms with Gasteiger partial charge in [0.25, 0.3) is 0 Å². The molecule has 0 aromatic heterocycles.